The van der Waals surface area contributed by atoms with Crippen molar-refractivity contribution in [1.82, 2.24) is 0 Å². The van der Waals surface area contributed by atoms with Crippen LogP contribution in [0.2, 0.25) is 0 Å². The highest BCUT2D eigenvalue weighted by atomic mass is 16.7. The summed E-state index contributed by atoms with van der Waals surface area (Å²) in [6.07, 6.45) is -5.45. The molecule has 186 valence electrons. The highest BCUT2D eigenvalue weighted by molar-refractivity contribution is 6.30. The summed E-state index contributed by atoms with van der Waals surface area (Å²) in [5, 5.41) is 52.8. The first-order valence-corrected chi connectivity index (χ1v) is 11.4. The first-order chi connectivity index (χ1) is 16.5. The van der Waals surface area contributed by atoms with Crippen LogP contribution in [0, 0.1) is 0 Å². The molecular formula is C25H27NO9. The molecule has 0 radical (unpaired) electrons. The topological polar surface area (TPSA) is 180 Å². The number of ketones is 2. The third kappa shape index (κ3) is 3.65. The van der Waals surface area contributed by atoms with Crippen LogP contribution >= 0.6 is 0 Å². The third-order valence-electron chi connectivity index (χ3n) is 7.33. The summed E-state index contributed by atoms with van der Waals surface area (Å²) in [4.78, 5) is 26.6. The van der Waals surface area contributed by atoms with E-state index in [1.165, 1.54) is 19.1 Å². The summed E-state index contributed by atoms with van der Waals surface area (Å²) in [6.45, 7) is 1.31. The van der Waals surface area contributed by atoms with Gasteiger partial charge in [-0.2, -0.15) is 0 Å². The second-order valence-electron chi connectivity index (χ2n) is 9.59. The number of carbonyl (C=O) groups excluding carboxylic acids is 2. The van der Waals surface area contributed by atoms with Crippen LogP contribution in [0.25, 0.3) is 0 Å². The average Bonchev–Trinajstić information content (AvgIpc) is 2.82. The maximum atomic E-state index is 13.3. The fourth-order valence-electron chi connectivity index (χ4n) is 5.21. The number of ether oxygens (including phenoxy) is 2. The lowest BCUT2D eigenvalue weighted by Gasteiger charge is -2.43. The molecule has 0 aromatic heterocycles. The van der Waals surface area contributed by atoms with Crippen molar-refractivity contribution in [3.63, 3.8) is 0 Å². The molecule has 6 atom stereocenters. The van der Waals surface area contributed by atoms with Crippen LogP contribution in [0.3, 0.4) is 0 Å². The van der Waals surface area contributed by atoms with Gasteiger partial charge in [-0.15, -0.1) is 0 Å². The van der Waals surface area contributed by atoms with Gasteiger partial charge in [-0.1, -0.05) is 24.3 Å². The quantitative estimate of drug-likeness (QED) is 0.285. The molecule has 0 unspecified atom stereocenters. The molecule has 1 fully saturated rings. The van der Waals surface area contributed by atoms with Gasteiger partial charge in [0.1, 0.15) is 17.6 Å². The summed E-state index contributed by atoms with van der Waals surface area (Å²) in [6, 6.07) is 6.15. The van der Waals surface area contributed by atoms with Crippen molar-refractivity contribution in [2.45, 2.75) is 62.4 Å². The standard InChI is InChI=1S/C25H27NO9/c1-10(27)25(26)7-13-18(16(8-25)35-17-6-14(28)15(29)9-34-17)24(33)20-19(23(13)32)21(30)11-4-2-3-5-12(11)22(20)31/h2-5,10,14-17,27-29,32-33H,6-9,26H2,1H3/t10-,14+,15-,16+,17+,25-/m1/s1. The number of aliphatic hydroxyl groups excluding tert-OH is 3. The van der Waals surface area contributed by atoms with E-state index < -0.39 is 59.3 Å². The molecule has 7 N–H and O–H groups in total. The number of phenols is 2. The summed E-state index contributed by atoms with van der Waals surface area (Å²) in [7, 11) is 0. The lowest BCUT2D eigenvalue weighted by atomic mass is 9.70. The number of hydrogen-bond acceptors (Lipinski definition) is 10. The molecule has 0 saturated carbocycles. The Morgan fingerprint density at radius 2 is 1.66 bits per heavy atom. The van der Waals surface area contributed by atoms with Gasteiger partial charge in [-0.3, -0.25) is 9.59 Å². The monoisotopic (exact) mass is 485 g/mol. The van der Waals surface area contributed by atoms with E-state index in [9.17, 15) is 35.1 Å². The first kappa shape index (κ1) is 23.9. The van der Waals surface area contributed by atoms with Gasteiger partial charge in [0, 0.05) is 34.2 Å². The van der Waals surface area contributed by atoms with Crippen molar-refractivity contribution in [3.8, 4) is 11.5 Å². The highest BCUT2D eigenvalue weighted by Gasteiger charge is 2.47. The zero-order valence-electron chi connectivity index (χ0n) is 19.0. The highest BCUT2D eigenvalue weighted by Crippen LogP contribution is 2.51. The van der Waals surface area contributed by atoms with Crippen molar-refractivity contribution in [3.05, 3.63) is 57.6 Å². The maximum absolute atomic E-state index is 13.3. The van der Waals surface area contributed by atoms with Gasteiger partial charge in [-0.25, -0.2) is 0 Å². The van der Waals surface area contributed by atoms with Gasteiger partial charge in [0.05, 0.1) is 36.0 Å². The first-order valence-electron chi connectivity index (χ1n) is 11.4. The number of rotatable bonds is 3. The fourth-order valence-corrected chi connectivity index (χ4v) is 5.21. The number of carbonyl (C=O) groups is 2. The van der Waals surface area contributed by atoms with E-state index in [0.29, 0.717) is 0 Å². The van der Waals surface area contributed by atoms with Gasteiger partial charge in [0.2, 0.25) is 0 Å². The van der Waals surface area contributed by atoms with Crippen molar-refractivity contribution in [1.29, 1.82) is 0 Å². The maximum Gasteiger partial charge on any atom is 0.198 e. The minimum Gasteiger partial charge on any atom is -0.507 e. The predicted molar refractivity (Wildman–Crippen MR) is 120 cm³/mol. The Bertz CT molecular complexity index is 1230. The SMILES string of the molecule is C[C@@H](O)[C@@]1(N)Cc2c(O)c3c(c(O)c2[C@@H](O[C@H]2C[C@H](O)[C@H](O)CO2)C1)C(=O)c1ccccc1C3=O. The smallest absolute Gasteiger partial charge is 0.198 e. The van der Waals surface area contributed by atoms with Gasteiger partial charge < -0.3 is 40.7 Å². The van der Waals surface area contributed by atoms with Crippen molar-refractivity contribution < 1.29 is 44.6 Å². The number of hydrogen-bond donors (Lipinski definition) is 6. The van der Waals surface area contributed by atoms with E-state index in [1.54, 1.807) is 12.1 Å². The molecule has 0 bridgehead atoms. The molecule has 5 rings (SSSR count). The van der Waals surface area contributed by atoms with Crippen LogP contribution in [0.4, 0.5) is 0 Å². The van der Waals surface area contributed by atoms with Gasteiger partial charge in [0.15, 0.2) is 17.9 Å². The van der Waals surface area contributed by atoms with E-state index in [2.05, 4.69) is 0 Å². The van der Waals surface area contributed by atoms with Crippen molar-refractivity contribution >= 4 is 11.6 Å². The van der Waals surface area contributed by atoms with Crippen LogP contribution < -0.4 is 5.73 Å². The zero-order chi connectivity index (χ0) is 25.2. The molecule has 1 aliphatic heterocycles. The van der Waals surface area contributed by atoms with E-state index >= 15 is 0 Å². The van der Waals surface area contributed by atoms with Crippen LogP contribution in [0.1, 0.15) is 68.8 Å². The number of aliphatic hydroxyl groups is 3. The summed E-state index contributed by atoms with van der Waals surface area (Å²) in [5.41, 5.74) is 4.95. The zero-order valence-corrected chi connectivity index (χ0v) is 19.0. The molecule has 2 aromatic rings. The molecule has 0 amide bonds. The molecule has 10 heteroatoms. The summed E-state index contributed by atoms with van der Waals surface area (Å²) in [5.74, 6) is -2.22. The van der Waals surface area contributed by atoms with E-state index in [1.807, 2.05) is 0 Å². The Morgan fingerprint density at radius 1 is 1.06 bits per heavy atom. The molecule has 10 nitrogen and oxygen atoms in total. The third-order valence-corrected chi connectivity index (χ3v) is 7.33. The van der Waals surface area contributed by atoms with Crippen LogP contribution in [0.15, 0.2) is 24.3 Å². The fraction of sp³-hybridized carbons (Fsp3) is 0.440. The molecule has 2 aliphatic carbocycles. The molecule has 1 heterocycles. The van der Waals surface area contributed by atoms with Crippen LogP contribution in [-0.4, -0.2) is 73.8 Å². The number of phenolic OH excluding ortho intramolecular Hbond substituents is 2. The lowest BCUT2D eigenvalue weighted by molar-refractivity contribution is -0.239. The summed E-state index contributed by atoms with van der Waals surface area (Å²) < 4.78 is 11.5. The minimum absolute atomic E-state index is 0.0132. The average molecular weight is 485 g/mol. The van der Waals surface area contributed by atoms with Crippen LogP contribution in [0.5, 0.6) is 11.5 Å². The molecular weight excluding hydrogens is 458 g/mol. The summed E-state index contributed by atoms with van der Waals surface area (Å²) >= 11 is 0. The number of benzene rings is 2. The van der Waals surface area contributed by atoms with E-state index in [0.717, 1.165) is 0 Å². The van der Waals surface area contributed by atoms with E-state index in [4.69, 9.17) is 15.2 Å². The molecule has 35 heavy (non-hydrogen) atoms. The van der Waals surface area contributed by atoms with Gasteiger partial charge in [0.25, 0.3) is 0 Å². The Kier molecular flexibility index (Phi) is 5.71. The minimum atomic E-state index is -1.30. The predicted octanol–water partition coefficient (Wildman–Crippen LogP) is 0.424. The largest absolute Gasteiger partial charge is 0.507 e. The molecule has 1 saturated heterocycles. The van der Waals surface area contributed by atoms with E-state index in [-0.39, 0.29) is 59.3 Å². The van der Waals surface area contributed by atoms with Gasteiger partial charge >= 0.3 is 0 Å². The number of fused-ring (bicyclic) bond motifs is 3. The Morgan fingerprint density at radius 3 is 2.23 bits per heavy atom. The lowest BCUT2D eigenvalue weighted by Crippen LogP contribution is -2.55. The number of nitrogens with two attached hydrogens (primary N) is 1. The second kappa shape index (κ2) is 8.37. The molecule has 0 spiro atoms. The number of aromatic hydroxyl groups is 2. The van der Waals surface area contributed by atoms with Crippen molar-refractivity contribution in [2.24, 2.45) is 5.73 Å². The van der Waals surface area contributed by atoms with Gasteiger partial charge in [-0.05, 0) is 19.8 Å². The van der Waals surface area contributed by atoms with Crippen LogP contribution in [-0.2, 0) is 15.9 Å². The Hall–Kier alpha value is -2.86. The molecule has 3 aliphatic rings. The molecule has 2 aromatic carbocycles. The van der Waals surface area contributed by atoms with Crippen molar-refractivity contribution in [2.75, 3.05) is 6.61 Å². The second-order valence-corrected chi connectivity index (χ2v) is 9.59. The normalized spacial score (nSPS) is 30.9. The Balaban J connectivity index is 1.66. The Labute approximate surface area is 200 Å².